The van der Waals surface area contributed by atoms with E-state index in [1.54, 1.807) is 50.3 Å². The number of aromatic nitrogens is 3. The van der Waals surface area contributed by atoms with E-state index in [9.17, 15) is 24.5 Å². The van der Waals surface area contributed by atoms with Gasteiger partial charge >= 0.3 is 5.97 Å². The number of carbonyl (C=O) groups excluding carboxylic acids is 1. The Bertz CT molecular complexity index is 2140. The zero-order valence-corrected chi connectivity index (χ0v) is 28.4. The highest BCUT2D eigenvalue weighted by molar-refractivity contribution is 9.10. The first kappa shape index (κ1) is 33.0. The Morgan fingerprint density at radius 3 is 2.67 bits per heavy atom. The number of H-pyrrole nitrogens is 1. The number of nitrogens with zero attached hydrogens (tertiary/aromatic N) is 4. The number of esters is 1. The molecule has 0 unspecified atom stereocenters. The van der Waals surface area contributed by atoms with Crippen LogP contribution in [0.25, 0.3) is 6.08 Å². The van der Waals surface area contributed by atoms with Crippen LogP contribution >= 0.6 is 39.0 Å². The fourth-order valence-electron chi connectivity index (χ4n) is 5.04. The van der Waals surface area contributed by atoms with Gasteiger partial charge in [-0.05, 0) is 67.9 Å². The maximum absolute atomic E-state index is 14.1. The number of fused-ring (bicyclic) bond motifs is 1. The molecule has 0 radical (unpaired) electrons. The monoisotopic (exact) mass is 725 g/mol. The number of ether oxygens (including phenoxy) is 2. The number of allylic oxidation sites excluding steroid dienone is 1. The molecular weight excluding hydrogens is 698 g/mol. The Kier molecular flexibility index (Phi) is 10.0. The van der Waals surface area contributed by atoms with Crippen LogP contribution in [-0.4, -0.2) is 39.1 Å². The number of aromatic amines is 1. The Morgan fingerprint density at radius 2 is 2.00 bits per heavy atom. The smallest absolute Gasteiger partial charge is 0.338 e. The Balaban J connectivity index is 1.69. The van der Waals surface area contributed by atoms with Crippen LogP contribution in [0, 0.1) is 17.0 Å². The Hall–Kier alpha value is -4.34. The molecule has 238 valence electrons. The van der Waals surface area contributed by atoms with E-state index < -0.39 is 22.5 Å². The average Bonchev–Trinajstić information content (AvgIpc) is 3.30. The van der Waals surface area contributed by atoms with Gasteiger partial charge in [-0.1, -0.05) is 46.7 Å². The molecule has 0 saturated heterocycles. The van der Waals surface area contributed by atoms with Gasteiger partial charge in [-0.3, -0.25) is 24.3 Å². The lowest BCUT2D eigenvalue weighted by molar-refractivity contribution is -0.387. The molecule has 15 heteroatoms. The third kappa shape index (κ3) is 6.76. The number of carbonyl (C=O) groups is 1. The molecule has 4 aromatic rings. The summed E-state index contributed by atoms with van der Waals surface area (Å²) in [5.74, 6) is -0.111. The summed E-state index contributed by atoms with van der Waals surface area (Å²) >= 11 is 5.58. The topological polar surface area (TPSA) is 159 Å². The van der Waals surface area contributed by atoms with Crippen molar-refractivity contribution in [1.29, 1.82) is 0 Å². The number of nitro benzene ring substituents is 1. The minimum Gasteiger partial charge on any atom is -0.496 e. The molecule has 1 N–H and O–H groups in total. The highest BCUT2D eigenvalue weighted by Gasteiger charge is 2.36. The number of hydrogen-bond acceptors (Lipinski definition) is 11. The van der Waals surface area contributed by atoms with E-state index in [0.717, 1.165) is 27.6 Å². The number of benzene rings is 2. The summed E-state index contributed by atoms with van der Waals surface area (Å²) < 4.78 is 13.5. The van der Waals surface area contributed by atoms with Crippen molar-refractivity contribution in [3.63, 3.8) is 0 Å². The SMILES string of the molecule is CCCC1=C(C(=O)OCC)[C@@H](c2cc(Br)ccc2OC)n2c(s/c(=C\c3ccc(Sc4nc(C)cc(=O)[nH]4)c([N+](=O)[O-])c3)c2=O)=N1. The molecule has 0 aliphatic carbocycles. The zero-order valence-electron chi connectivity index (χ0n) is 25.2. The third-order valence-corrected chi connectivity index (χ3v) is 9.34. The molecule has 2 aromatic carbocycles. The van der Waals surface area contributed by atoms with Gasteiger partial charge in [0.25, 0.3) is 16.8 Å². The molecule has 0 amide bonds. The van der Waals surface area contributed by atoms with Crippen molar-refractivity contribution in [2.45, 2.75) is 49.7 Å². The van der Waals surface area contributed by atoms with E-state index in [2.05, 4.69) is 25.9 Å². The first-order valence-electron chi connectivity index (χ1n) is 14.1. The number of rotatable bonds is 10. The van der Waals surface area contributed by atoms with Crippen molar-refractivity contribution in [3.8, 4) is 5.75 Å². The second kappa shape index (κ2) is 14.0. The molecule has 12 nitrogen and oxygen atoms in total. The molecule has 46 heavy (non-hydrogen) atoms. The first-order chi connectivity index (χ1) is 22.0. The number of hydrogen-bond donors (Lipinski definition) is 1. The lowest BCUT2D eigenvalue weighted by atomic mass is 9.93. The summed E-state index contributed by atoms with van der Waals surface area (Å²) in [6, 6.07) is 10.3. The van der Waals surface area contributed by atoms with Crippen molar-refractivity contribution < 1.29 is 19.2 Å². The van der Waals surface area contributed by atoms with Gasteiger partial charge in [0, 0.05) is 27.9 Å². The molecule has 0 bridgehead atoms. The molecule has 5 rings (SSSR count). The van der Waals surface area contributed by atoms with E-state index >= 15 is 0 Å². The van der Waals surface area contributed by atoms with Crippen molar-refractivity contribution in [2.24, 2.45) is 4.99 Å². The number of methoxy groups -OCH3 is 1. The molecule has 1 aliphatic rings. The number of halogens is 1. The molecule has 3 heterocycles. The van der Waals surface area contributed by atoms with E-state index in [-0.39, 0.29) is 38.0 Å². The van der Waals surface area contributed by atoms with Crippen LogP contribution in [0.1, 0.15) is 49.6 Å². The number of nitro groups is 1. The number of aryl methyl sites for hydroxylation is 1. The van der Waals surface area contributed by atoms with Crippen molar-refractivity contribution >= 4 is 56.8 Å². The Labute approximate surface area is 278 Å². The highest BCUT2D eigenvalue weighted by atomic mass is 79.9. The second-order valence-corrected chi connectivity index (χ2v) is 13.0. The molecule has 0 spiro atoms. The van der Waals surface area contributed by atoms with Gasteiger partial charge in [-0.25, -0.2) is 14.8 Å². The largest absolute Gasteiger partial charge is 0.496 e. The van der Waals surface area contributed by atoms with E-state index in [1.165, 1.54) is 23.8 Å². The van der Waals surface area contributed by atoms with Crippen molar-refractivity contribution in [3.05, 3.63) is 115 Å². The molecule has 2 aromatic heterocycles. The fraction of sp³-hybridized carbons (Fsp3) is 0.258. The summed E-state index contributed by atoms with van der Waals surface area (Å²) in [6.07, 6.45) is 2.72. The quantitative estimate of drug-likeness (QED) is 0.105. The third-order valence-electron chi connectivity index (χ3n) is 6.91. The Morgan fingerprint density at radius 1 is 1.22 bits per heavy atom. The summed E-state index contributed by atoms with van der Waals surface area (Å²) in [5, 5.41) is 12.3. The summed E-state index contributed by atoms with van der Waals surface area (Å²) in [6.45, 7) is 5.47. The highest BCUT2D eigenvalue weighted by Crippen LogP contribution is 2.38. The minimum atomic E-state index is -0.899. The maximum Gasteiger partial charge on any atom is 0.338 e. The van der Waals surface area contributed by atoms with Gasteiger partial charge in [0.15, 0.2) is 9.96 Å². The van der Waals surface area contributed by atoms with Gasteiger partial charge in [0.1, 0.15) is 11.8 Å². The van der Waals surface area contributed by atoms with Crippen LogP contribution in [0.5, 0.6) is 5.75 Å². The van der Waals surface area contributed by atoms with Gasteiger partial charge in [-0.2, -0.15) is 0 Å². The standard InChI is InChI=1S/C31H28BrN5O7S2/c1-5-7-20-26(29(40)44-6-2)27(19-15-18(32)9-10-22(19)43-4)36-28(39)24(46-31(36)34-20)14-17-8-11-23(21(13-17)37(41)42)45-30-33-16(3)12-25(38)35-30/h8-15,27H,5-7H2,1-4H3,(H,33,35,38)/b24-14-/t27-/m1/s1. The van der Waals surface area contributed by atoms with Gasteiger partial charge in [0.2, 0.25) is 0 Å². The zero-order chi connectivity index (χ0) is 33.1. The minimum absolute atomic E-state index is 0.136. The maximum atomic E-state index is 14.1. The summed E-state index contributed by atoms with van der Waals surface area (Å²) in [7, 11) is 1.51. The number of nitrogens with one attached hydrogen (secondary N) is 1. The lowest BCUT2D eigenvalue weighted by Gasteiger charge is -2.27. The van der Waals surface area contributed by atoms with Gasteiger partial charge in [0.05, 0.1) is 39.3 Å². The second-order valence-electron chi connectivity index (χ2n) is 10.1. The molecular formula is C31H28BrN5O7S2. The first-order valence-corrected chi connectivity index (χ1v) is 16.6. The molecule has 1 aliphatic heterocycles. The summed E-state index contributed by atoms with van der Waals surface area (Å²) in [4.78, 5) is 63.2. The summed E-state index contributed by atoms with van der Waals surface area (Å²) in [5.41, 5.74) is 1.19. The van der Waals surface area contributed by atoms with Crippen LogP contribution in [0.2, 0.25) is 0 Å². The predicted octanol–water partition coefficient (Wildman–Crippen LogP) is 4.80. The van der Waals surface area contributed by atoms with Crippen LogP contribution in [-0.2, 0) is 9.53 Å². The van der Waals surface area contributed by atoms with Gasteiger partial charge < -0.3 is 14.5 Å². The lowest BCUT2D eigenvalue weighted by Crippen LogP contribution is -2.40. The number of thiazole rings is 1. The van der Waals surface area contributed by atoms with E-state index in [1.807, 2.05) is 6.92 Å². The normalized spacial score (nSPS) is 14.5. The van der Waals surface area contributed by atoms with Crippen LogP contribution in [0.3, 0.4) is 0 Å². The van der Waals surface area contributed by atoms with E-state index in [4.69, 9.17) is 14.5 Å². The average molecular weight is 727 g/mol. The van der Waals surface area contributed by atoms with Crippen LogP contribution in [0.4, 0.5) is 5.69 Å². The van der Waals surface area contributed by atoms with Crippen molar-refractivity contribution in [1.82, 2.24) is 14.5 Å². The molecule has 0 fully saturated rings. The van der Waals surface area contributed by atoms with Gasteiger partial charge in [-0.15, -0.1) is 0 Å². The predicted molar refractivity (Wildman–Crippen MR) is 177 cm³/mol. The van der Waals surface area contributed by atoms with Crippen LogP contribution < -0.4 is 25.2 Å². The fourth-order valence-corrected chi connectivity index (χ4v) is 7.37. The molecule has 1 atom stereocenters. The van der Waals surface area contributed by atoms with E-state index in [0.29, 0.717) is 45.9 Å². The van der Waals surface area contributed by atoms with Crippen LogP contribution in [0.15, 0.2) is 82.8 Å². The molecule has 0 saturated carbocycles. The van der Waals surface area contributed by atoms with Crippen molar-refractivity contribution in [2.75, 3.05) is 13.7 Å².